The van der Waals surface area contributed by atoms with Crippen LogP contribution < -0.4 is 5.32 Å². The second kappa shape index (κ2) is 11.9. The third-order valence-electron chi connectivity index (χ3n) is 6.44. The highest BCUT2D eigenvalue weighted by Gasteiger charge is 2.25. The Balaban J connectivity index is 1.95. The lowest BCUT2D eigenvalue weighted by molar-refractivity contribution is 0.0601. The molecule has 1 aliphatic rings. The van der Waals surface area contributed by atoms with Crippen LogP contribution in [0.5, 0.6) is 0 Å². The fraction of sp³-hybridized carbons (Fsp3) is 0.519. The number of hydrogen-bond acceptors (Lipinski definition) is 4. The van der Waals surface area contributed by atoms with Crippen LogP contribution in [0.15, 0.2) is 36.4 Å². The summed E-state index contributed by atoms with van der Waals surface area (Å²) in [6, 6.07) is 11.4. The molecule has 0 aliphatic heterocycles. The number of benzene rings is 2. The van der Waals surface area contributed by atoms with Gasteiger partial charge in [0.05, 0.1) is 18.0 Å². The zero-order valence-corrected chi connectivity index (χ0v) is 20.6. The Morgan fingerprint density at radius 3 is 2.56 bits per heavy atom. The minimum atomic E-state index is -0.521. The molecule has 0 heterocycles. The van der Waals surface area contributed by atoms with Gasteiger partial charge in [0.1, 0.15) is 5.82 Å². The van der Waals surface area contributed by atoms with E-state index in [0.717, 1.165) is 34.8 Å². The predicted octanol–water partition coefficient (Wildman–Crippen LogP) is 7.29. The number of hydrogen-bond donors (Lipinski definition) is 1. The molecule has 1 N–H and O–H groups in total. The van der Waals surface area contributed by atoms with E-state index < -0.39 is 5.97 Å². The molecule has 174 valence electrons. The van der Waals surface area contributed by atoms with E-state index in [2.05, 4.69) is 19.2 Å². The number of esters is 1. The first-order valence-electron chi connectivity index (χ1n) is 11.8. The molecule has 1 aliphatic carbocycles. The Bertz CT molecular complexity index is 911. The first-order chi connectivity index (χ1) is 15.4. The Hall–Kier alpha value is -1.85. The molecule has 2 atom stereocenters. The molecular weight excluding hydrogens is 421 g/mol. The van der Waals surface area contributed by atoms with E-state index in [-0.39, 0.29) is 16.8 Å². The number of halogens is 1. The maximum atomic E-state index is 15.4. The Labute approximate surface area is 196 Å². The van der Waals surface area contributed by atoms with Gasteiger partial charge in [0.15, 0.2) is 0 Å². The van der Waals surface area contributed by atoms with Crippen LogP contribution in [0.25, 0.3) is 11.1 Å². The van der Waals surface area contributed by atoms with Crippen molar-refractivity contribution in [2.24, 2.45) is 5.92 Å². The summed E-state index contributed by atoms with van der Waals surface area (Å²) in [4.78, 5) is 12.5. The fourth-order valence-corrected chi connectivity index (χ4v) is 5.83. The quantitative estimate of drug-likeness (QED) is 0.317. The number of methoxy groups -OCH3 is 1. The highest BCUT2D eigenvalue weighted by molar-refractivity contribution is 7.99. The van der Waals surface area contributed by atoms with Gasteiger partial charge in [0.2, 0.25) is 0 Å². The summed E-state index contributed by atoms with van der Waals surface area (Å²) in [6.07, 6.45) is 7.73. The van der Waals surface area contributed by atoms with Gasteiger partial charge >= 0.3 is 5.97 Å². The van der Waals surface area contributed by atoms with Crippen molar-refractivity contribution in [1.29, 1.82) is 0 Å². The average molecular weight is 458 g/mol. The first-order valence-corrected chi connectivity index (χ1v) is 12.8. The molecule has 1 fully saturated rings. The molecule has 2 unspecified atom stereocenters. The van der Waals surface area contributed by atoms with Crippen LogP contribution >= 0.6 is 11.8 Å². The number of thioether (sulfide) groups is 1. The van der Waals surface area contributed by atoms with Gasteiger partial charge in [0.25, 0.3) is 0 Å². The molecule has 0 saturated heterocycles. The maximum Gasteiger partial charge on any atom is 0.338 e. The molecule has 2 aromatic rings. The molecule has 32 heavy (non-hydrogen) atoms. The molecule has 0 aromatic heterocycles. The highest BCUT2D eigenvalue weighted by atomic mass is 32.2. The number of carbonyl (C=O) groups is 1. The molecule has 0 radical (unpaired) electrons. The minimum absolute atomic E-state index is 0.173. The van der Waals surface area contributed by atoms with Crippen LogP contribution in [0.1, 0.15) is 79.2 Å². The molecule has 1 saturated carbocycles. The molecule has 0 spiro atoms. The highest BCUT2D eigenvalue weighted by Crippen LogP contribution is 2.36. The molecule has 0 amide bonds. The predicted molar refractivity (Wildman–Crippen MR) is 133 cm³/mol. The summed E-state index contributed by atoms with van der Waals surface area (Å²) in [5, 5.41) is 3.51. The molecule has 2 aromatic carbocycles. The van der Waals surface area contributed by atoms with Gasteiger partial charge in [-0.25, -0.2) is 9.18 Å². The van der Waals surface area contributed by atoms with Crippen LogP contribution in [0, 0.1) is 18.7 Å². The monoisotopic (exact) mass is 457 g/mol. The van der Waals surface area contributed by atoms with Crippen molar-refractivity contribution in [2.45, 2.75) is 70.7 Å². The topological polar surface area (TPSA) is 38.3 Å². The van der Waals surface area contributed by atoms with E-state index in [4.69, 9.17) is 4.74 Å². The van der Waals surface area contributed by atoms with Crippen molar-refractivity contribution in [1.82, 2.24) is 5.32 Å². The lowest BCUT2D eigenvalue weighted by Crippen LogP contribution is -2.32. The third-order valence-corrected chi connectivity index (χ3v) is 7.50. The summed E-state index contributed by atoms with van der Waals surface area (Å²) in [5.41, 5.74) is 3.53. The summed E-state index contributed by atoms with van der Waals surface area (Å²) in [6.45, 7) is 6.30. The third kappa shape index (κ3) is 6.14. The van der Waals surface area contributed by atoms with E-state index in [0.29, 0.717) is 11.6 Å². The largest absolute Gasteiger partial charge is 0.465 e. The number of rotatable bonds is 9. The lowest BCUT2D eigenvalue weighted by atomic mass is 9.85. The minimum Gasteiger partial charge on any atom is -0.465 e. The van der Waals surface area contributed by atoms with E-state index in [1.807, 2.05) is 37.3 Å². The summed E-state index contributed by atoms with van der Waals surface area (Å²) < 4.78 is 20.3. The van der Waals surface area contributed by atoms with Crippen molar-refractivity contribution in [2.75, 3.05) is 12.9 Å². The first kappa shape index (κ1) is 24.8. The molecule has 5 heteroatoms. The van der Waals surface area contributed by atoms with Crippen LogP contribution in [0.4, 0.5) is 4.39 Å². The fourth-order valence-electron chi connectivity index (χ4n) is 4.81. The van der Waals surface area contributed by atoms with Gasteiger partial charge < -0.3 is 4.74 Å². The van der Waals surface area contributed by atoms with Gasteiger partial charge in [-0.05, 0) is 60.8 Å². The van der Waals surface area contributed by atoms with Crippen molar-refractivity contribution in [3.05, 3.63) is 58.9 Å². The number of ether oxygens (including phenoxy) is 1. The van der Waals surface area contributed by atoms with Gasteiger partial charge in [-0.15, -0.1) is 11.8 Å². The van der Waals surface area contributed by atoms with Gasteiger partial charge in [-0.1, -0.05) is 63.3 Å². The second-order valence-electron chi connectivity index (χ2n) is 8.87. The van der Waals surface area contributed by atoms with Crippen LogP contribution in [-0.4, -0.2) is 24.9 Å². The molecular formula is C27H36FNO2S. The smallest absolute Gasteiger partial charge is 0.338 e. The SMILES string of the molecule is CCSC(NC(C)CC1CCCCC1)c1cc(-c2ccccc2C)c(C(=O)OC)cc1F. The summed E-state index contributed by atoms with van der Waals surface area (Å²) in [7, 11) is 1.33. The zero-order valence-electron chi connectivity index (χ0n) is 19.7. The van der Waals surface area contributed by atoms with E-state index >= 15 is 4.39 Å². The molecule has 3 rings (SSSR count). The molecule has 3 nitrogen and oxygen atoms in total. The van der Waals surface area contributed by atoms with E-state index in [1.165, 1.54) is 45.3 Å². The van der Waals surface area contributed by atoms with Crippen molar-refractivity contribution >= 4 is 17.7 Å². The summed E-state index contributed by atoms with van der Waals surface area (Å²) in [5.74, 6) is 0.733. The zero-order chi connectivity index (χ0) is 23.1. The normalized spacial score (nSPS) is 16.5. The number of carbonyl (C=O) groups excluding carboxylic acids is 1. The van der Waals surface area contributed by atoms with Crippen LogP contribution in [0.2, 0.25) is 0 Å². The van der Waals surface area contributed by atoms with Crippen molar-refractivity contribution in [3.8, 4) is 11.1 Å². The maximum absolute atomic E-state index is 15.4. The lowest BCUT2D eigenvalue weighted by Gasteiger charge is -2.29. The summed E-state index contributed by atoms with van der Waals surface area (Å²) >= 11 is 1.69. The Morgan fingerprint density at radius 1 is 1.19 bits per heavy atom. The van der Waals surface area contributed by atoms with Gasteiger partial charge in [0, 0.05) is 11.6 Å². The van der Waals surface area contributed by atoms with Gasteiger partial charge in [-0.3, -0.25) is 5.32 Å². The Morgan fingerprint density at radius 2 is 1.91 bits per heavy atom. The van der Waals surface area contributed by atoms with Crippen LogP contribution in [-0.2, 0) is 4.74 Å². The number of nitrogens with one attached hydrogen (secondary N) is 1. The van der Waals surface area contributed by atoms with E-state index in [9.17, 15) is 4.79 Å². The van der Waals surface area contributed by atoms with Crippen molar-refractivity contribution < 1.29 is 13.9 Å². The van der Waals surface area contributed by atoms with Gasteiger partial charge in [-0.2, -0.15) is 0 Å². The second-order valence-corrected chi connectivity index (χ2v) is 10.3. The average Bonchev–Trinajstić information content (AvgIpc) is 2.79. The van der Waals surface area contributed by atoms with Crippen LogP contribution in [0.3, 0.4) is 0 Å². The van der Waals surface area contributed by atoms with E-state index in [1.54, 1.807) is 11.8 Å². The Kier molecular flexibility index (Phi) is 9.18. The number of aryl methyl sites for hydroxylation is 1. The van der Waals surface area contributed by atoms with Crippen molar-refractivity contribution in [3.63, 3.8) is 0 Å². The molecule has 0 bridgehead atoms. The standard InChI is InChI=1S/C27H36FNO2S/c1-5-32-26(29-19(3)15-20-12-7-6-8-13-20)24-16-22(21-14-10-9-11-18(21)2)23(17-25(24)28)27(30)31-4/h9-11,14,16-17,19-20,26,29H,5-8,12-13,15H2,1-4H3.